The van der Waals surface area contributed by atoms with Gasteiger partial charge in [-0.25, -0.2) is 0 Å². The maximum absolute atomic E-state index is 11.1. The van der Waals surface area contributed by atoms with Gasteiger partial charge in [0.25, 0.3) is 0 Å². The van der Waals surface area contributed by atoms with E-state index < -0.39 is 5.97 Å². The van der Waals surface area contributed by atoms with E-state index in [1.54, 1.807) is 0 Å². The summed E-state index contributed by atoms with van der Waals surface area (Å²) in [6, 6.07) is 0.164. The summed E-state index contributed by atoms with van der Waals surface area (Å²) in [7, 11) is 0. The molecule has 1 atom stereocenters. The van der Waals surface area contributed by atoms with Gasteiger partial charge in [0.1, 0.15) is 6.04 Å². The van der Waals surface area contributed by atoms with Crippen LogP contribution in [-0.2, 0) is 4.79 Å². The summed E-state index contributed by atoms with van der Waals surface area (Å²) in [5, 5.41) is 9.11. The second-order valence-electron chi connectivity index (χ2n) is 4.67. The molecular weight excluding hydrogens is 166 g/mol. The molecule has 0 amide bonds. The van der Waals surface area contributed by atoms with Crippen LogP contribution in [0.5, 0.6) is 0 Å². The quantitative estimate of drug-likeness (QED) is 0.699. The van der Waals surface area contributed by atoms with Crippen molar-refractivity contribution in [2.24, 2.45) is 11.8 Å². The molecule has 3 heteroatoms. The minimum atomic E-state index is -0.628. The van der Waals surface area contributed by atoms with E-state index in [0.29, 0.717) is 12.0 Å². The van der Waals surface area contributed by atoms with Crippen molar-refractivity contribution >= 4 is 5.97 Å². The average molecular weight is 183 g/mol. The van der Waals surface area contributed by atoms with Crippen LogP contribution < -0.4 is 0 Å². The highest BCUT2D eigenvalue weighted by Gasteiger charge is 2.48. The molecule has 13 heavy (non-hydrogen) atoms. The van der Waals surface area contributed by atoms with E-state index in [1.165, 1.54) is 0 Å². The van der Waals surface area contributed by atoms with Crippen molar-refractivity contribution in [2.45, 2.75) is 38.8 Å². The molecule has 74 valence electrons. The third-order valence-corrected chi connectivity index (χ3v) is 3.46. The highest BCUT2D eigenvalue weighted by atomic mass is 16.4. The number of hydrogen-bond acceptors (Lipinski definition) is 2. The molecule has 3 fully saturated rings. The van der Waals surface area contributed by atoms with Gasteiger partial charge in [0.15, 0.2) is 0 Å². The third-order valence-electron chi connectivity index (χ3n) is 3.46. The molecule has 1 aliphatic carbocycles. The number of aliphatic carboxylic acids is 1. The van der Waals surface area contributed by atoms with Crippen LogP contribution in [0.2, 0.25) is 0 Å². The Morgan fingerprint density at radius 2 is 2.08 bits per heavy atom. The lowest BCUT2D eigenvalue weighted by Gasteiger charge is -2.52. The maximum atomic E-state index is 11.1. The zero-order valence-electron chi connectivity index (χ0n) is 8.23. The number of carboxylic acid groups (broad SMARTS) is 1. The topological polar surface area (TPSA) is 40.5 Å². The predicted octanol–water partition coefficient (Wildman–Crippen LogP) is 1.19. The van der Waals surface area contributed by atoms with Crippen molar-refractivity contribution in [3.05, 3.63) is 0 Å². The van der Waals surface area contributed by atoms with E-state index in [0.717, 1.165) is 25.3 Å². The van der Waals surface area contributed by atoms with Crippen molar-refractivity contribution in [2.75, 3.05) is 6.54 Å². The van der Waals surface area contributed by atoms with Crippen LogP contribution in [0.25, 0.3) is 0 Å². The number of fused-ring (bicyclic) bond motifs is 2. The van der Waals surface area contributed by atoms with Crippen molar-refractivity contribution in [1.29, 1.82) is 0 Å². The highest BCUT2D eigenvalue weighted by molar-refractivity contribution is 5.74. The van der Waals surface area contributed by atoms with Crippen LogP contribution in [0.15, 0.2) is 0 Å². The first-order valence-corrected chi connectivity index (χ1v) is 5.08. The van der Waals surface area contributed by atoms with Crippen LogP contribution in [0.4, 0.5) is 0 Å². The molecule has 2 bridgehead atoms. The lowest BCUT2D eigenvalue weighted by Crippen LogP contribution is -2.60. The highest BCUT2D eigenvalue weighted by Crippen LogP contribution is 2.44. The standard InChI is InChI=1S/C10H17NO2/c1-6(2)11-5-7-3-8(4-7)9(11)10(12)13/h6-9H,3-5H2,1-2H3,(H,12,13). The van der Waals surface area contributed by atoms with Crippen LogP contribution in [-0.4, -0.2) is 34.6 Å². The van der Waals surface area contributed by atoms with E-state index in [2.05, 4.69) is 18.7 Å². The number of hydrogen-bond donors (Lipinski definition) is 1. The van der Waals surface area contributed by atoms with Crippen molar-refractivity contribution < 1.29 is 9.90 Å². The third kappa shape index (κ3) is 1.35. The van der Waals surface area contributed by atoms with E-state index in [9.17, 15) is 4.79 Å². The second kappa shape index (κ2) is 2.98. The van der Waals surface area contributed by atoms with Gasteiger partial charge in [-0.15, -0.1) is 0 Å². The fraction of sp³-hybridized carbons (Fsp3) is 0.900. The van der Waals surface area contributed by atoms with Crippen molar-refractivity contribution in [3.8, 4) is 0 Å². The van der Waals surface area contributed by atoms with Crippen LogP contribution in [0, 0.1) is 11.8 Å². The zero-order valence-corrected chi connectivity index (χ0v) is 8.23. The summed E-state index contributed by atoms with van der Waals surface area (Å²) in [5.41, 5.74) is 0. The lowest BCUT2D eigenvalue weighted by molar-refractivity contribution is -0.156. The molecule has 2 aliphatic heterocycles. The molecular formula is C10H17NO2. The first-order chi connectivity index (χ1) is 6.09. The predicted molar refractivity (Wildman–Crippen MR) is 49.5 cm³/mol. The molecule has 1 unspecified atom stereocenters. The number of carbonyl (C=O) groups is 1. The Labute approximate surface area is 78.7 Å². The van der Waals surface area contributed by atoms with Crippen molar-refractivity contribution in [1.82, 2.24) is 4.90 Å². The molecule has 2 saturated heterocycles. The molecule has 0 radical (unpaired) electrons. The minimum absolute atomic E-state index is 0.204. The van der Waals surface area contributed by atoms with Gasteiger partial charge in [-0.3, -0.25) is 9.69 Å². The Bertz CT molecular complexity index is 221. The molecule has 3 rings (SSSR count). The Kier molecular flexibility index (Phi) is 2.06. The largest absolute Gasteiger partial charge is 0.480 e. The molecule has 0 aromatic rings. The Morgan fingerprint density at radius 1 is 1.46 bits per heavy atom. The van der Waals surface area contributed by atoms with Gasteiger partial charge in [0.05, 0.1) is 0 Å². The molecule has 0 spiro atoms. The van der Waals surface area contributed by atoms with Crippen LogP contribution in [0.3, 0.4) is 0 Å². The fourth-order valence-corrected chi connectivity index (χ4v) is 2.75. The minimum Gasteiger partial charge on any atom is -0.480 e. The first kappa shape index (κ1) is 9.00. The Balaban J connectivity index is 2.12. The van der Waals surface area contributed by atoms with E-state index in [-0.39, 0.29) is 6.04 Å². The van der Waals surface area contributed by atoms with Crippen molar-refractivity contribution in [3.63, 3.8) is 0 Å². The van der Waals surface area contributed by atoms with Gasteiger partial charge in [0, 0.05) is 12.6 Å². The van der Waals surface area contributed by atoms with E-state index in [4.69, 9.17) is 5.11 Å². The van der Waals surface area contributed by atoms with Crippen LogP contribution >= 0.6 is 0 Å². The molecule has 3 aliphatic rings. The van der Waals surface area contributed by atoms with Gasteiger partial charge in [-0.1, -0.05) is 0 Å². The van der Waals surface area contributed by atoms with Crippen LogP contribution in [0.1, 0.15) is 26.7 Å². The smallest absolute Gasteiger partial charge is 0.321 e. The molecule has 1 saturated carbocycles. The van der Waals surface area contributed by atoms with Gasteiger partial charge >= 0.3 is 5.97 Å². The summed E-state index contributed by atoms with van der Waals surface area (Å²) in [6.45, 7) is 5.16. The maximum Gasteiger partial charge on any atom is 0.321 e. The molecule has 3 nitrogen and oxygen atoms in total. The summed E-state index contributed by atoms with van der Waals surface area (Å²) in [5.74, 6) is 0.582. The van der Waals surface area contributed by atoms with E-state index in [1.807, 2.05) is 0 Å². The first-order valence-electron chi connectivity index (χ1n) is 5.08. The number of rotatable bonds is 2. The molecule has 2 heterocycles. The molecule has 0 aromatic heterocycles. The average Bonchev–Trinajstić information content (AvgIpc) is 2.01. The van der Waals surface area contributed by atoms with Gasteiger partial charge in [0.2, 0.25) is 0 Å². The summed E-state index contributed by atoms with van der Waals surface area (Å²) in [4.78, 5) is 13.2. The monoisotopic (exact) mass is 183 g/mol. The Morgan fingerprint density at radius 3 is 2.46 bits per heavy atom. The Hall–Kier alpha value is -0.570. The number of carboxylic acids is 1. The van der Waals surface area contributed by atoms with Gasteiger partial charge in [-0.2, -0.15) is 0 Å². The SMILES string of the molecule is CC(C)N1CC2CC(C2)C1C(=O)O. The molecule has 0 aromatic carbocycles. The van der Waals surface area contributed by atoms with Gasteiger partial charge in [-0.05, 0) is 38.5 Å². The summed E-state index contributed by atoms with van der Waals surface area (Å²) < 4.78 is 0. The molecule has 1 N–H and O–H groups in total. The van der Waals surface area contributed by atoms with Gasteiger partial charge < -0.3 is 5.11 Å². The second-order valence-corrected chi connectivity index (χ2v) is 4.67. The summed E-state index contributed by atoms with van der Waals surface area (Å²) >= 11 is 0. The number of nitrogens with zero attached hydrogens (tertiary/aromatic N) is 1. The summed E-state index contributed by atoms with van der Waals surface area (Å²) in [6.07, 6.45) is 2.28. The lowest BCUT2D eigenvalue weighted by atomic mass is 9.66. The fourth-order valence-electron chi connectivity index (χ4n) is 2.75. The normalized spacial score (nSPS) is 38.8. The van der Waals surface area contributed by atoms with E-state index >= 15 is 0 Å². The number of piperidine rings is 2. The zero-order chi connectivity index (χ0) is 9.59.